The van der Waals surface area contributed by atoms with Crippen molar-refractivity contribution in [1.29, 1.82) is 0 Å². The number of fused-ring (bicyclic) bond motifs is 1. The van der Waals surface area contributed by atoms with Crippen LogP contribution >= 0.6 is 0 Å². The molecule has 1 aromatic carbocycles. The first-order valence-corrected chi connectivity index (χ1v) is 7.29. The van der Waals surface area contributed by atoms with Crippen LogP contribution in [0.5, 0.6) is 0 Å². The van der Waals surface area contributed by atoms with Crippen molar-refractivity contribution in [3.63, 3.8) is 0 Å². The minimum Gasteiger partial charge on any atom is -0.376 e. The fraction of sp³-hybridized carbons (Fsp3) is 0.625. The van der Waals surface area contributed by atoms with Crippen molar-refractivity contribution < 1.29 is 4.74 Å². The molecular weight excluding hydrogens is 222 g/mol. The van der Waals surface area contributed by atoms with Crippen LogP contribution in [0.4, 0.5) is 0 Å². The van der Waals surface area contributed by atoms with Crippen molar-refractivity contribution in [3.8, 4) is 0 Å². The number of ether oxygens (including phenoxy) is 1. The van der Waals surface area contributed by atoms with E-state index in [0.717, 1.165) is 26.0 Å². The van der Waals surface area contributed by atoms with Crippen LogP contribution in [-0.2, 0) is 11.2 Å². The summed E-state index contributed by atoms with van der Waals surface area (Å²) < 4.78 is 6.07. The Hall–Kier alpha value is -0.860. The molecule has 1 aliphatic carbocycles. The van der Waals surface area contributed by atoms with Gasteiger partial charge in [0.15, 0.2) is 0 Å². The predicted molar refractivity (Wildman–Crippen MR) is 75.8 cm³/mol. The topological polar surface area (TPSA) is 21.3 Å². The molecule has 0 saturated heterocycles. The number of hydrogen-bond donors (Lipinski definition) is 1. The Kier molecular flexibility index (Phi) is 5.21. The number of aryl methyl sites for hydroxylation is 1. The molecular formula is C16H25NO. The molecule has 0 amide bonds. The highest BCUT2D eigenvalue weighted by Gasteiger charge is 2.27. The Balaban J connectivity index is 2.22. The molecule has 2 rings (SSSR count). The normalized spacial score (nSPS) is 23.4. The fourth-order valence-electron chi connectivity index (χ4n) is 2.84. The largest absolute Gasteiger partial charge is 0.376 e. The van der Waals surface area contributed by atoms with Crippen molar-refractivity contribution in [2.45, 2.75) is 51.7 Å². The minimum atomic E-state index is 0.327. The maximum absolute atomic E-state index is 6.07. The van der Waals surface area contributed by atoms with E-state index in [1.807, 2.05) is 0 Å². The number of likely N-dealkylation sites (N-methyl/N-ethyl adjacent to an activating group) is 1. The molecule has 100 valence electrons. The number of rotatable bonds is 5. The van der Waals surface area contributed by atoms with Crippen LogP contribution in [0.1, 0.15) is 50.3 Å². The Bertz CT molecular complexity index is 362. The van der Waals surface area contributed by atoms with E-state index in [0.29, 0.717) is 12.1 Å². The Labute approximate surface area is 111 Å². The lowest BCUT2D eigenvalue weighted by Gasteiger charge is -2.27. The molecule has 0 bridgehead atoms. The smallest absolute Gasteiger partial charge is 0.0769 e. The van der Waals surface area contributed by atoms with Crippen LogP contribution in [0.2, 0.25) is 0 Å². The van der Waals surface area contributed by atoms with Crippen LogP contribution < -0.4 is 5.32 Å². The summed E-state index contributed by atoms with van der Waals surface area (Å²) in [6.45, 7) is 6.21. The van der Waals surface area contributed by atoms with Gasteiger partial charge in [-0.2, -0.15) is 0 Å². The first-order valence-electron chi connectivity index (χ1n) is 7.29. The van der Waals surface area contributed by atoms with Gasteiger partial charge in [-0.25, -0.2) is 0 Å². The SMILES string of the molecule is CCCOC1CCCc2ccccc2C1NCC. The van der Waals surface area contributed by atoms with Crippen LogP contribution in [0.15, 0.2) is 24.3 Å². The molecule has 0 spiro atoms. The highest BCUT2D eigenvalue weighted by molar-refractivity contribution is 5.32. The van der Waals surface area contributed by atoms with E-state index < -0.39 is 0 Å². The van der Waals surface area contributed by atoms with E-state index in [1.165, 1.54) is 24.0 Å². The molecule has 2 atom stereocenters. The number of nitrogens with one attached hydrogen (secondary N) is 1. The lowest BCUT2D eigenvalue weighted by molar-refractivity contribution is 0.0216. The second kappa shape index (κ2) is 6.91. The zero-order valence-corrected chi connectivity index (χ0v) is 11.6. The van der Waals surface area contributed by atoms with Gasteiger partial charge in [0, 0.05) is 6.61 Å². The Morgan fingerprint density at radius 3 is 2.89 bits per heavy atom. The van der Waals surface area contributed by atoms with Gasteiger partial charge in [0.2, 0.25) is 0 Å². The third-order valence-corrected chi connectivity index (χ3v) is 3.66. The van der Waals surface area contributed by atoms with E-state index in [4.69, 9.17) is 4.74 Å². The average Bonchev–Trinajstić information content (AvgIpc) is 2.57. The van der Waals surface area contributed by atoms with Gasteiger partial charge < -0.3 is 10.1 Å². The highest BCUT2D eigenvalue weighted by atomic mass is 16.5. The van der Waals surface area contributed by atoms with Crippen molar-refractivity contribution in [2.24, 2.45) is 0 Å². The number of benzene rings is 1. The van der Waals surface area contributed by atoms with Gasteiger partial charge in [-0.1, -0.05) is 38.1 Å². The fourth-order valence-corrected chi connectivity index (χ4v) is 2.84. The zero-order valence-electron chi connectivity index (χ0n) is 11.6. The van der Waals surface area contributed by atoms with E-state index in [-0.39, 0.29) is 0 Å². The summed E-state index contributed by atoms with van der Waals surface area (Å²) in [5.74, 6) is 0. The lowest BCUT2D eigenvalue weighted by Crippen LogP contribution is -2.33. The molecule has 0 radical (unpaired) electrons. The molecule has 0 saturated carbocycles. The zero-order chi connectivity index (χ0) is 12.8. The summed E-state index contributed by atoms with van der Waals surface area (Å²) in [5, 5.41) is 3.61. The maximum Gasteiger partial charge on any atom is 0.0769 e. The third-order valence-electron chi connectivity index (χ3n) is 3.66. The van der Waals surface area contributed by atoms with Crippen LogP contribution in [0.25, 0.3) is 0 Å². The second-order valence-electron chi connectivity index (χ2n) is 5.04. The average molecular weight is 247 g/mol. The quantitative estimate of drug-likeness (QED) is 0.804. The molecule has 0 fully saturated rings. The molecule has 2 heteroatoms. The van der Waals surface area contributed by atoms with Gasteiger partial charge in [-0.05, 0) is 43.4 Å². The van der Waals surface area contributed by atoms with Crippen molar-refractivity contribution in [1.82, 2.24) is 5.32 Å². The van der Waals surface area contributed by atoms with E-state index in [1.54, 1.807) is 0 Å². The summed E-state index contributed by atoms with van der Waals surface area (Å²) in [6, 6.07) is 9.18. The van der Waals surface area contributed by atoms with Crippen molar-refractivity contribution in [3.05, 3.63) is 35.4 Å². The first-order chi connectivity index (χ1) is 8.86. The van der Waals surface area contributed by atoms with Gasteiger partial charge in [0.1, 0.15) is 0 Å². The summed E-state index contributed by atoms with van der Waals surface area (Å²) in [5.41, 5.74) is 2.93. The summed E-state index contributed by atoms with van der Waals surface area (Å²) in [6.07, 6.45) is 4.99. The lowest BCUT2D eigenvalue weighted by atomic mass is 9.97. The van der Waals surface area contributed by atoms with Crippen LogP contribution in [-0.4, -0.2) is 19.3 Å². The molecule has 1 aliphatic rings. The highest BCUT2D eigenvalue weighted by Crippen LogP contribution is 2.30. The first kappa shape index (κ1) is 13.6. The standard InChI is InChI=1S/C16H25NO/c1-3-12-18-15-11-7-9-13-8-5-6-10-14(13)16(15)17-4-2/h5-6,8,10,15-17H,3-4,7,9,11-12H2,1-2H3. The van der Waals surface area contributed by atoms with Gasteiger partial charge in [0.25, 0.3) is 0 Å². The van der Waals surface area contributed by atoms with Crippen LogP contribution in [0, 0.1) is 0 Å². The summed E-state index contributed by atoms with van der Waals surface area (Å²) >= 11 is 0. The molecule has 0 aliphatic heterocycles. The van der Waals surface area contributed by atoms with Gasteiger partial charge in [-0.3, -0.25) is 0 Å². The predicted octanol–water partition coefficient (Wildman–Crippen LogP) is 3.47. The van der Waals surface area contributed by atoms with Crippen molar-refractivity contribution in [2.75, 3.05) is 13.2 Å². The third kappa shape index (κ3) is 3.12. The van der Waals surface area contributed by atoms with Gasteiger partial charge in [0.05, 0.1) is 12.1 Å². The Morgan fingerprint density at radius 2 is 2.11 bits per heavy atom. The van der Waals surface area contributed by atoms with Gasteiger partial charge >= 0.3 is 0 Å². The monoisotopic (exact) mass is 247 g/mol. The van der Waals surface area contributed by atoms with E-state index in [2.05, 4.69) is 43.4 Å². The molecule has 1 N–H and O–H groups in total. The maximum atomic E-state index is 6.07. The molecule has 2 unspecified atom stereocenters. The molecule has 0 heterocycles. The summed E-state index contributed by atoms with van der Waals surface area (Å²) in [4.78, 5) is 0. The van der Waals surface area contributed by atoms with E-state index in [9.17, 15) is 0 Å². The van der Waals surface area contributed by atoms with E-state index >= 15 is 0 Å². The Morgan fingerprint density at radius 1 is 1.28 bits per heavy atom. The molecule has 2 nitrogen and oxygen atoms in total. The number of hydrogen-bond acceptors (Lipinski definition) is 2. The molecule has 0 aromatic heterocycles. The van der Waals surface area contributed by atoms with Crippen LogP contribution in [0.3, 0.4) is 0 Å². The van der Waals surface area contributed by atoms with Crippen molar-refractivity contribution >= 4 is 0 Å². The second-order valence-corrected chi connectivity index (χ2v) is 5.04. The minimum absolute atomic E-state index is 0.327. The summed E-state index contributed by atoms with van der Waals surface area (Å²) in [7, 11) is 0. The molecule has 1 aromatic rings. The molecule has 18 heavy (non-hydrogen) atoms. The van der Waals surface area contributed by atoms with Gasteiger partial charge in [-0.15, -0.1) is 0 Å².